The second kappa shape index (κ2) is 7.15. The number of unbranched alkanes of at least 4 members (excludes halogenated alkanes) is 5. The normalized spacial score (nSPS) is 10.9. The van der Waals surface area contributed by atoms with Crippen LogP contribution in [0.2, 0.25) is 0 Å². The molecule has 0 saturated carbocycles. The Balaban J connectivity index is 1.81. The maximum atomic E-state index is 4.18. The van der Waals surface area contributed by atoms with Crippen molar-refractivity contribution in [3.63, 3.8) is 0 Å². The van der Waals surface area contributed by atoms with Gasteiger partial charge in [0.25, 0.3) is 0 Å². The third kappa shape index (κ3) is 3.83. The number of hydrogen-bond donors (Lipinski definition) is 0. The molecule has 1 aromatic carbocycles. The van der Waals surface area contributed by atoms with Crippen LogP contribution in [0, 0.1) is 0 Å². The van der Waals surface area contributed by atoms with Crippen molar-refractivity contribution in [2.75, 3.05) is 0 Å². The highest BCUT2D eigenvalue weighted by atomic mass is 14.6. The van der Waals surface area contributed by atoms with E-state index in [-0.39, 0.29) is 0 Å². The van der Waals surface area contributed by atoms with E-state index in [1.165, 1.54) is 61.3 Å². The minimum atomic E-state index is 1.21. The summed E-state index contributed by atoms with van der Waals surface area (Å²) in [7, 11) is 0. The zero-order valence-electron chi connectivity index (χ0n) is 11.4. The summed E-state index contributed by atoms with van der Waals surface area (Å²) in [5.74, 6) is 0. The van der Waals surface area contributed by atoms with Gasteiger partial charge in [-0.3, -0.25) is 4.98 Å². The molecule has 0 aliphatic heterocycles. The Morgan fingerprint density at radius 3 is 2.61 bits per heavy atom. The van der Waals surface area contributed by atoms with E-state index < -0.39 is 0 Å². The molecule has 0 spiro atoms. The minimum Gasteiger partial charge on any atom is -0.264 e. The van der Waals surface area contributed by atoms with Gasteiger partial charge < -0.3 is 0 Å². The zero-order valence-corrected chi connectivity index (χ0v) is 11.4. The first-order chi connectivity index (χ1) is 8.90. The van der Waals surface area contributed by atoms with Gasteiger partial charge in [0.15, 0.2) is 0 Å². The number of aryl methyl sites for hydroxylation is 1. The van der Waals surface area contributed by atoms with Gasteiger partial charge >= 0.3 is 0 Å². The van der Waals surface area contributed by atoms with Gasteiger partial charge in [-0.1, -0.05) is 51.2 Å². The van der Waals surface area contributed by atoms with Crippen molar-refractivity contribution in [1.82, 2.24) is 4.98 Å². The number of hydrogen-bond acceptors (Lipinski definition) is 1. The van der Waals surface area contributed by atoms with E-state index in [0.29, 0.717) is 0 Å². The van der Waals surface area contributed by atoms with Crippen LogP contribution >= 0.6 is 0 Å². The van der Waals surface area contributed by atoms with E-state index in [0.717, 1.165) is 0 Å². The van der Waals surface area contributed by atoms with Crippen LogP contribution in [0.25, 0.3) is 10.8 Å². The lowest BCUT2D eigenvalue weighted by Crippen LogP contribution is -1.87. The first kappa shape index (κ1) is 13.1. The van der Waals surface area contributed by atoms with Crippen LogP contribution in [0.15, 0.2) is 36.7 Å². The number of fused-ring (bicyclic) bond motifs is 1. The standard InChI is InChI=1S/C17H23N/c1-2-3-4-5-6-7-8-15-9-10-16-11-12-18-14-17(16)13-15/h9-14H,2-8H2,1H3. The molecular weight excluding hydrogens is 218 g/mol. The van der Waals surface area contributed by atoms with Crippen molar-refractivity contribution in [3.05, 3.63) is 42.2 Å². The molecule has 0 radical (unpaired) electrons. The molecule has 1 heterocycles. The number of aromatic nitrogens is 1. The average molecular weight is 241 g/mol. The summed E-state index contributed by atoms with van der Waals surface area (Å²) in [6, 6.07) is 8.83. The maximum absolute atomic E-state index is 4.18. The van der Waals surface area contributed by atoms with Crippen LogP contribution in [0.3, 0.4) is 0 Å². The Bertz CT molecular complexity index is 476. The molecule has 18 heavy (non-hydrogen) atoms. The second-order valence-corrected chi connectivity index (χ2v) is 5.07. The van der Waals surface area contributed by atoms with E-state index in [2.05, 4.69) is 36.2 Å². The molecule has 0 N–H and O–H groups in total. The lowest BCUT2D eigenvalue weighted by atomic mass is 10.0. The van der Waals surface area contributed by atoms with Gasteiger partial charge in [0.1, 0.15) is 0 Å². The maximum Gasteiger partial charge on any atom is 0.0346 e. The van der Waals surface area contributed by atoms with E-state index in [1.807, 2.05) is 12.4 Å². The van der Waals surface area contributed by atoms with Gasteiger partial charge in [0.2, 0.25) is 0 Å². The molecule has 2 aromatic rings. The van der Waals surface area contributed by atoms with Crippen molar-refractivity contribution >= 4 is 10.8 Å². The van der Waals surface area contributed by atoms with E-state index in [1.54, 1.807) is 0 Å². The summed E-state index contributed by atoms with van der Waals surface area (Å²) in [6.45, 7) is 2.27. The highest BCUT2D eigenvalue weighted by Crippen LogP contribution is 2.16. The summed E-state index contributed by atoms with van der Waals surface area (Å²) in [6.07, 6.45) is 13.2. The topological polar surface area (TPSA) is 12.9 Å². The molecule has 0 atom stereocenters. The van der Waals surface area contributed by atoms with Gasteiger partial charge in [-0.05, 0) is 35.9 Å². The van der Waals surface area contributed by atoms with Crippen molar-refractivity contribution < 1.29 is 0 Å². The number of nitrogens with zero attached hydrogens (tertiary/aromatic N) is 1. The van der Waals surface area contributed by atoms with Crippen molar-refractivity contribution in [3.8, 4) is 0 Å². The molecule has 0 fully saturated rings. The fourth-order valence-corrected chi connectivity index (χ4v) is 2.40. The largest absolute Gasteiger partial charge is 0.264 e. The first-order valence-corrected chi connectivity index (χ1v) is 7.23. The first-order valence-electron chi connectivity index (χ1n) is 7.23. The molecule has 0 saturated heterocycles. The van der Waals surface area contributed by atoms with Gasteiger partial charge in [-0.15, -0.1) is 0 Å². The summed E-state index contributed by atoms with van der Waals surface area (Å²) >= 11 is 0. The molecule has 0 aliphatic rings. The molecule has 0 bridgehead atoms. The summed E-state index contributed by atoms with van der Waals surface area (Å²) in [5, 5.41) is 2.55. The Morgan fingerprint density at radius 2 is 1.72 bits per heavy atom. The van der Waals surface area contributed by atoms with Crippen LogP contribution in [0.1, 0.15) is 51.0 Å². The van der Waals surface area contributed by atoms with Crippen LogP contribution in [0.4, 0.5) is 0 Å². The third-order valence-corrected chi connectivity index (χ3v) is 3.52. The van der Waals surface area contributed by atoms with Gasteiger partial charge in [0.05, 0.1) is 0 Å². The predicted octanol–water partition coefficient (Wildman–Crippen LogP) is 5.14. The van der Waals surface area contributed by atoms with Crippen LogP contribution in [-0.4, -0.2) is 4.98 Å². The zero-order chi connectivity index (χ0) is 12.6. The van der Waals surface area contributed by atoms with Gasteiger partial charge in [0, 0.05) is 17.8 Å². The highest BCUT2D eigenvalue weighted by Gasteiger charge is 1.97. The van der Waals surface area contributed by atoms with E-state index in [4.69, 9.17) is 0 Å². The molecule has 1 nitrogen and oxygen atoms in total. The van der Waals surface area contributed by atoms with Crippen LogP contribution in [-0.2, 0) is 6.42 Å². The monoisotopic (exact) mass is 241 g/mol. The van der Waals surface area contributed by atoms with Gasteiger partial charge in [-0.25, -0.2) is 0 Å². The second-order valence-electron chi connectivity index (χ2n) is 5.07. The van der Waals surface area contributed by atoms with Gasteiger partial charge in [-0.2, -0.15) is 0 Å². The Labute approximate surface area is 110 Å². The average Bonchev–Trinajstić information content (AvgIpc) is 2.42. The van der Waals surface area contributed by atoms with Crippen molar-refractivity contribution in [2.24, 2.45) is 0 Å². The van der Waals surface area contributed by atoms with Crippen molar-refractivity contribution in [2.45, 2.75) is 51.9 Å². The van der Waals surface area contributed by atoms with Crippen LogP contribution in [0.5, 0.6) is 0 Å². The number of pyridine rings is 1. The third-order valence-electron chi connectivity index (χ3n) is 3.52. The predicted molar refractivity (Wildman–Crippen MR) is 78.8 cm³/mol. The summed E-state index contributed by atoms with van der Waals surface area (Å²) in [5.41, 5.74) is 1.45. The molecule has 1 aromatic heterocycles. The smallest absolute Gasteiger partial charge is 0.0346 e. The van der Waals surface area contributed by atoms with E-state index in [9.17, 15) is 0 Å². The Hall–Kier alpha value is -1.37. The molecular formula is C17H23N. The summed E-state index contributed by atoms with van der Waals surface area (Å²) in [4.78, 5) is 4.18. The fourth-order valence-electron chi connectivity index (χ4n) is 2.40. The molecule has 2 rings (SSSR count). The van der Waals surface area contributed by atoms with E-state index >= 15 is 0 Å². The molecule has 0 unspecified atom stereocenters. The lowest BCUT2D eigenvalue weighted by Gasteiger charge is -2.04. The number of rotatable bonds is 7. The minimum absolute atomic E-state index is 1.21. The quantitative estimate of drug-likeness (QED) is 0.612. The van der Waals surface area contributed by atoms with Crippen molar-refractivity contribution in [1.29, 1.82) is 0 Å². The fraction of sp³-hybridized carbons (Fsp3) is 0.471. The Morgan fingerprint density at radius 1 is 0.889 bits per heavy atom. The lowest BCUT2D eigenvalue weighted by molar-refractivity contribution is 0.607. The van der Waals surface area contributed by atoms with Crippen LogP contribution < -0.4 is 0 Å². The molecule has 1 heteroatoms. The Kier molecular flexibility index (Phi) is 5.19. The highest BCUT2D eigenvalue weighted by molar-refractivity contribution is 5.81. The molecule has 0 aliphatic carbocycles. The molecule has 96 valence electrons. The number of benzene rings is 1. The molecule has 0 amide bonds. The SMILES string of the molecule is CCCCCCCCc1ccc2ccncc2c1. The summed E-state index contributed by atoms with van der Waals surface area (Å²) < 4.78 is 0.